The highest BCUT2D eigenvalue weighted by molar-refractivity contribution is 5.87. The zero-order valence-electron chi connectivity index (χ0n) is 16.9. The van der Waals surface area contributed by atoms with E-state index in [4.69, 9.17) is 19.3 Å². The minimum atomic E-state index is -1.46. The van der Waals surface area contributed by atoms with Crippen molar-refractivity contribution >= 4 is 17.9 Å². The van der Waals surface area contributed by atoms with Crippen LogP contribution in [0.1, 0.15) is 5.56 Å². The van der Waals surface area contributed by atoms with E-state index in [0.717, 1.165) is 5.56 Å². The first-order valence-electron chi connectivity index (χ1n) is 9.51. The lowest BCUT2D eigenvalue weighted by Crippen LogP contribution is -2.65. The number of carbonyl (C=O) groups is 3. The minimum Gasteiger partial charge on any atom is -0.445 e. The van der Waals surface area contributed by atoms with Gasteiger partial charge in [0, 0.05) is 7.11 Å². The highest BCUT2D eigenvalue weighted by atomic mass is 16.7. The molecule has 1 aromatic carbocycles. The quantitative estimate of drug-likeness (QED) is 0.244. The van der Waals surface area contributed by atoms with Crippen LogP contribution in [0.3, 0.4) is 0 Å². The van der Waals surface area contributed by atoms with Crippen molar-refractivity contribution in [2.75, 3.05) is 26.8 Å². The summed E-state index contributed by atoms with van der Waals surface area (Å²) in [7, 11) is 1.27. The molecule has 2 rings (SSSR count). The highest BCUT2D eigenvalue weighted by Crippen LogP contribution is 2.21. The topological polar surface area (TPSA) is 176 Å². The van der Waals surface area contributed by atoms with Crippen molar-refractivity contribution in [2.24, 2.45) is 0 Å². The van der Waals surface area contributed by atoms with Crippen LogP contribution in [0.25, 0.3) is 0 Å². The van der Waals surface area contributed by atoms with Gasteiger partial charge in [-0.05, 0) is 5.56 Å². The predicted octanol–water partition coefficient (Wildman–Crippen LogP) is -2.40. The Labute approximate surface area is 178 Å². The average Bonchev–Trinajstić information content (AvgIpc) is 2.78. The molecule has 1 heterocycles. The molecule has 1 saturated heterocycles. The molecule has 1 aliphatic heterocycles. The van der Waals surface area contributed by atoms with Crippen molar-refractivity contribution in [3.63, 3.8) is 0 Å². The third-order valence-electron chi connectivity index (χ3n) is 4.49. The normalized spacial score (nSPS) is 25.4. The van der Waals surface area contributed by atoms with Gasteiger partial charge in [0.25, 0.3) is 0 Å². The van der Waals surface area contributed by atoms with Crippen LogP contribution in [-0.2, 0) is 30.4 Å². The van der Waals surface area contributed by atoms with Gasteiger partial charge in [0.1, 0.15) is 37.5 Å². The molecule has 0 aromatic heterocycles. The largest absolute Gasteiger partial charge is 0.445 e. The van der Waals surface area contributed by atoms with E-state index < -0.39 is 68.2 Å². The summed E-state index contributed by atoms with van der Waals surface area (Å²) in [6.07, 6.45) is -5.88. The van der Waals surface area contributed by atoms with Gasteiger partial charge in [-0.2, -0.15) is 0 Å². The Bertz CT molecular complexity index is 732. The van der Waals surface area contributed by atoms with E-state index in [9.17, 15) is 24.6 Å². The lowest BCUT2D eigenvalue weighted by molar-refractivity contribution is -0.262. The number of amides is 3. The molecule has 12 nitrogen and oxygen atoms in total. The fourth-order valence-corrected chi connectivity index (χ4v) is 2.84. The molecule has 0 aliphatic carbocycles. The molecule has 1 aromatic rings. The number of aliphatic hydroxyl groups excluding tert-OH is 3. The monoisotopic (exact) mass is 441 g/mol. The van der Waals surface area contributed by atoms with E-state index in [1.165, 1.54) is 7.11 Å². The molecule has 0 radical (unpaired) electrons. The van der Waals surface area contributed by atoms with Gasteiger partial charge >= 0.3 is 6.09 Å². The molecule has 31 heavy (non-hydrogen) atoms. The van der Waals surface area contributed by atoms with E-state index in [1.54, 1.807) is 24.3 Å². The molecule has 3 amide bonds. The standard InChI is InChI=1S/C19H27N3O9/c1-29-18-15(17(27)16(26)12(9-23)31-18)22-14(25)8-20-13(24)7-21-19(28)30-10-11-5-3-2-4-6-11/h2-6,12,15-18,23,26-27H,7-10H2,1H3,(H,20,24)(H,21,28)(H,22,25)/t12-,15-,16-,17-,18+/m1/s1. The van der Waals surface area contributed by atoms with Crippen molar-refractivity contribution in [2.45, 2.75) is 37.3 Å². The van der Waals surface area contributed by atoms with Crippen molar-refractivity contribution < 1.29 is 43.9 Å². The summed E-state index contributed by atoms with van der Waals surface area (Å²) in [5.74, 6) is -1.33. The van der Waals surface area contributed by atoms with Gasteiger partial charge in [0.15, 0.2) is 6.29 Å². The zero-order valence-corrected chi connectivity index (χ0v) is 16.9. The Morgan fingerprint density at radius 1 is 1.03 bits per heavy atom. The minimum absolute atomic E-state index is 0.0478. The van der Waals surface area contributed by atoms with Crippen molar-refractivity contribution in [1.29, 1.82) is 0 Å². The number of aliphatic hydroxyl groups is 3. The molecular formula is C19H27N3O9. The Hall–Kier alpha value is -2.77. The van der Waals surface area contributed by atoms with Gasteiger partial charge in [-0.3, -0.25) is 9.59 Å². The summed E-state index contributed by atoms with van der Waals surface area (Å²) in [5, 5.41) is 36.2. The molecule has 0 bridgehead atoms. The van der Waals surface area contributed by atoms with Crippen LogP contribution in [0, 0.1) is 0 Å². The summed E-state index contributed by atoms with van der Waals surface area (Å²) in [6.45, 7) is -1.37. The summed E-state index contributed by atoms with van der Waals surface area (Å²) in [6, 6.07) is 7.86. The molecule has 6 N–H and O–H groups in total. The first-order valence-corrected chi connectivity index (χ1v) is 9.51. The van der Waals surface area contributed by atoms with Crippen LogP contribution in [0.4, 0.5) is 4.79 Å². The lowest BCUT2D eigenvalue weighted by atomic mass is 9.97. The third-order valence-corrected chi connectivity index (χ3v) is 4.49. The molecule has 12 heteroatoms. The van der Waals surface area contributed by atoms with Gasteiger partial charge in [-0.1, -0.05) is 30.3 Å². The van der Waals surface area contributed by atoms with E-state index >= 15 is 0 Å². The number of rotatable bonds is 9. The molecule has 172 valence electrons. The smallest absolute Gasteiger partial charge is 0.407 e. The fourth-order valence-electron chi connectivity index (χ4n) is 2.84. The van der Waals surface area contributed by atoms with Crippen molar-refractivity contribution in [3.05, 3.63) is 35.9 Å². The van der Waals surface area contributed by atoms with Crippen molar-refractivity contribution in [1.82, 2.24) is 16.0 Å². The van der Waals surface area contributed by atoms with E-state index in [-0.39, 0.29) is 6.61 Å². The van der Waals surface area contributed by atoms with Gasteiger partial charge in [0.2, 0.25) is 11.8 Å². The molecule has 1 aliphatic rings. The van der Waals surface area contributed by atoms with Crippen LogP contribution in [0.5, 0.6) is 0 Å². The average molecular weight is 441 g/mol. The predicted molar refractivity (Wildman–Crippen MR) is 104 cm³/mol. The summed E-state index contributed by atoms with van der Waals surface area (Å²) in [5.41, 5.74) is 0.789. The number of hydrogen-bond acceptors (Lipinski definition) is 9. The van der Waals surface area contributed by atoms with Crippen LogP contribution in [-0.4, -0.2) is 90.7 Å². The maximum absolute atomic E-state index is 12.1. The molecule has 0 unspecified atom stereocenters. The third kappa shape index (κ3) is 7.45. The first kappa shape index (κ1) is 24.5. The SMILES string of the molecule is CO[C@H]1O[C@H](CO)[C@@H](O)[C@H](O)[C@H]1NC(=O)CNC(=O)CNC(=O)OCc1ccccc1. The second-order valence-electron chi connectivity index (χ2n) is 6.73. The highest BCUT2D eigenvalue weighted by Gasteiger charge is 2.45. The Morgan fingerprint density at radius 2 is 1.71 bits per heavy atom. The molecule has 0 saturated carbocycles. The van der Waals surface area contributed by atoms with E-state index in [0.29, 0.717) is 0 Å². The lowest BCUT2D eigenvalue weighted by Gasteiger charge is -2.41. The van der Waals surface area contributed by atoms with Crippen LogP contribution >= 0.6 is 0 Å². The van der Waals surface area contributed by atoms with Gasteiger partial charge in [0.05, 0.1) is 13.2 Å². The van der Waals surface area contributed by atoms with Crippen LogP contribution < -0.4 is 16.0 Å². The van der Waals surface area contributed by atoms with Gasteiger partial charge in [-0.25, -0.2) is 4.79 Å². The zero-order chi connectivity index (χ0) is 22.8. The molecule has 5 atom stereocenters. The number of hydrogen-bond donors (Lipinski definition) is 6. The van der Waals surface area contributed by atoms with Crippen molar-refractivity contribution in [3.8, 4) is 0 Å². The number of nitrogens with one attached hydrogen (secondary N) is 3. The fraction of sp³-hybridized carbons (Fsp3) is 0.526. The number of methoxy groups -OCH3 is 1. The Morgan fingerprint density at radius 3 is 2.35 bits per heavy atom. The Kier molecular flexibility index (Phi) is 9.62. The summed E-state index contributed by atoms with van der Waals surface area (Å²) >= 11 is 0. The number of alkyl carbamates (subject to hydrolysis) is 1. The molecular weight excluding hydrogens is 414 g/mol. The molecule has 0 spiro atoms. The van der Waals surface area contributed by atoms with E-state index in [1.807, 2.05) is 6.07 Å². The summed E-state index contributed by atoms with van der Waals surface area (Å²) in [4.78, 5) is 35.5. The van der Waals surface area contributed by atoms with Crippen LogP contribution in [0.15, 0.2) is 30.3 Å². The number of carbonyl (C=O) groups excluding carboxylic acids is 3. The Balaban J connectivity index is 1.70. The second-order valence-corrected chi connectivity index (χ2v) is 6.73. The maximum Gasteiger partial charge on any atom is 0.407 e. The second kappa shape index (κ2) is 12.2. The van der Waals surface area contributed by atoms with Gasteiger partial charge < -0.3 is 45.5 Å². The van der Waals surface area contributed by atoms with Gasteiger partial charge in [-0.15, -0.1) is 0 Å². The maximum atomic E-state index is 12.1. The number of ether oxygens (including phenoxy) is 3. The number of benzene rings is 1. The summed E-state index contributed by atoms with van der Waals surface area (Å²) < 4.78 is 15.3. The van der Waals surface area contributed by atoms with Crippen LogP contribution in [0.2, 0.25) is 0 Å². The van der Waals surface area contributed by atoms with E-state index in [2.05, 4.69) is 16.0 Å². The first-order chi connectivity index (χ1) is 14.8. The molecule has 1 fully saturated rings.